The Balaban J connectivity index is 1.95. The van der Waals surface area contributed by atoms with Gasteiger partial charge in [-0.25, -0.2) is 0 Å². The molecular weight excluding hydrogens is 318 g/mol. The van der Waals surface area contributed by atoms with Crippen molar-refractivity contribution in [2.24, 2.45) is 5.84 Å². The molecule has 20 heavy (non-hydrogen) atoms. The van der Waals surface area contributed by atoms with Gasteiger partial charge in [-0.05, 0) is 37.1 Å². The molecule has 2 atom stereocenters. The lowest BCUT2D eigenvalue weighted by Gasteiger charge is -2.36. The topological polar surface area (TPSA) is 50.5 Å². The molecule has 4 nitrogen and oxygen atoms in total. The van der Waals surface area contributed by atoms with Gasteiger partial charge in [0.15, 0.2) is 0 Å². The van der Waals surface area contributed by atoms with E-state index >= 15 is 0 Å². The molecule has 0 radical (unpaired) electrons. The normalized spacial score (nSPS) is 21.9. The molecule has 1 aromatic rings. The smallest absolute Gasteiger partial charge is 0.0871 e. The highest BCUT2D eigenvalue weighted by atomic mass is 79.9. The molecule has 1 aliphatic heterocycles. The van der Waals surface area contributed by atoms with Gasteiger partial charge in [0.25, 0.3) is 0 Å². The molecule has 1 saturated heterocycles. The van der Waals surface area contributed by atoms with Gasteiger partial charge in [-0.2, -0.15) is 0 Å². The van der Waals surface area contributed by atoms with Crippen LogP contribution < -0.4 is 11.3 Å². The monoisotopic (exact) mass is 341 g/mol. The number of nitrogens with two attached hydrogens (primary N) is 1. The van der Waals surface area contributed by atoms with Crippen LogP contribution in [0, 0.1) is 0 Å². The highest BCUT2D eigenvalue weighted by Gasteiger charge is 2.27. The maximum Gasteiger partial charge on any atom is 0.0871 e. The van der Waals surface area contributed by atoms with Crippen molar-refractivity contribution in [1.82, 2.24) is 10.3 Å². The number of hydrogen-bond acceptors (Lipinski definition) is 4. The van der Waals surface area contributed by atoms with Crippen molar-refractivity contribution in [3.05, 3.63) is 34.3 Å². The summed E-state index contributed by atoms with van der Waals surface area (Å²) in [6.07, 6.45) is 2.22. The summed E-state index contributed by atoms with van der Waals surface area (Å²) in [5, 5.41) is 0. The Labute approximate surface area is 129 Å². The van der Waals surface area contributed by atoms with Gasteiger partial charge in [-0.1, -0.05) is 35.0 Å². The highest BCUT2D eigenvalue weighted by Crippen LogP contribution is 2.16. The van der Waals surface area contributed by atoms with Gasteiger partial charge < -0.3 is 4.74 Å². The molecule has 0 spiro atoms. The van der Waals surface area contributed by atoms with Crippen molar-refractivity contribution in [3.8, 4) is 0 Å². The zero-order valence-electron chi connectivity index (χ0n) is 12.0. The molecule has 112 valence electrons. The molecule has 0 amide bonds. The molecule has 2 unspecified atom stereocenters. The van der Waals surface area contributed by atoms with E-state index in [0.29, 0.717) is 0 Å². The first-order chi connectivity index (χ1) is 9.72. The van der Waals surface area contributed by atoms with Crippen LogP contribution in [0.25, 0.3) is 0 Å². The molecule has 0 aromatic heterocycles. The summed E-state index contributed by atoms with van der Waals surface area (Å²) < 4.78 is 7.01. The summed E-state index contributed by atoms with van der Waals surface area (Å²) in [6.45, 7) is 6.13. The second-order valence-corrected chi connectivity index (χ2v) is 6.23. The number of morpholine rings is 1. The van der Waals surface area contributed by atoms with Crippen LogP contribution in [0.5, 0.6) is 0 Å². The van der Waals surface area contributed by atoms with E-state index in [0.717, 1.165) is 37.1 Å². The van der Waals surface area contributed by atoms with E-state index in [2.05, 4.69) is 57.4 Å². The van der Waals surface area contributed by atoms with Crippen LogP contribution in [0.1, 0.15) is 18.9 Å². The van der Waals surface area contributed by atoms with Crippen LogP contribution in [0.15, 0.2) is 28.7 Å². The van der Waals surface area contributed by atoms with E-state index in [9.17, 15) is 0 Å². The van der Waals surface area contributed by atoms with Crippen LogP contribution >= 0.6 is 15.9 Å². The highest BCUT2D eigenvalue weighted by molar-refractivity contribution is 9.10. The number of hydrogen-bond donors (Lipinski definition) is 2. The molecule has 2 rings (SSSR count). The first-order valence-corrected chi connectivity index (χ1v) is 8.06. The lowest BCUT2D eigenvalue weighted by molar-refractivity contribution is -0.0462. The Morgan fingerprint density at radius 3 is 2.85 bits per heavy atom. The lowest BCUT2D eigenvalue weighted by atomic mass is 10.0. The fraction of sp³-hybridized carbons (Fsp3) is 0.600. The predicted molar refractivity (Wildman–Crippen MR) is 85.4 cm³/mol. The molecule has 5 heteroatoms. The van der Waals surface area contributed by atoms with Crippen LogP contribution in [0.4, 0.5) is 0 Å². The minimum Gasteiger partial charge on any atom is -0.374 e. The summed E-state index contributed by atoms with van der Waals surface area (Å²) in [5.74, 6) is 5.74. The third-order valence-corrected chi connectivity index (χ3v) is 4.28. The van der Waals surface area contributed by atoms with Crippen LogP contribution in [-0.2, 0) is 11.2 Å². The second-order valence-electron chi connectivity index (χ2n) is 5.31. The van der Waals surface area contributed by atoms with Crippen LogP contribution in [-0.4, -0.2) is 43.3 Å². The van der Waals surface area contributed by atoms with E-state index in [1.165, 1.54) is 12.0 Å². The van der Waals surface area contributed by atoms with Gasteiger partial charge in [0.2, 0.25) is 0 Å². The van der Waals surface area contributed by atoms with E-state index < -0.39 is 0 Å². The Bertz CT molecular complexity index is 397. The van der Waals surface area contributed by atoms with Crippen LogP contribution in [0.2, 0.25) is 0 Å². The predicted octanol–water partition coefficient (Wildman–Crippen LogP) is 1.93. The molecule has 1 fully saturated rings. The average Bonchev–Trinajstić information content (AvgIpc) is 2.47. The summed E-state index contributed by atoms with van der Waals surface area (Å²) in [4.78, 5) is 2.46. The van der Waals surface area contributed by atoms with Gasteiger partial charge in [0.05, 0.1) is 18.8 Å². The number of ether oxygens (including phenoxy) is 1. The molecule has 0 aliphatic carbocycles. The quantitative estimate of drug-likeness (QED) is 0.613. The SMILES string of the molecule is CCCN1CCOC(C(Cc2ccc(Br)cc2)NN)C1. The Morgan fingerprint density at radius 1 is 1.45 bits per heavy atom. The Hall–Kier alpha value is -0.460. The zero-order chi connectivity index (χ0) is 14.4. The number of benzene rings is 1. The third kappa shape index (κ3) is 4.53. The maximum absolute atomic E-state index is 5.91. The Kier molecular flexibility index (Phi) is 6.45. The van der Waals surface area contributed by atoms with Crippen molar-refractivity contribution in [2.75, 3.05) is 26.2 Å². The minimum absolute atomic E-state index is 0.149. The molecule has 1 aromatic carbocycles. The first kappa shape index (κ1) is 15.9. The number of halogens is 1. The van der Waals surface area contributed by atoms with Gasteiger partial charge in [-0.15, -0.1) is 0 Å². The molecule has 0 bridgehead atoms. The molecular formula is C15H24BrN3O. The second kappa shape index (κ2) is 8.10. The Morgan fingerprint density at radius 2 is 2.20 bits per heavy atom. The van der Waals surface area contributed by atoms with Gasteiger partial charge in [0.1, 0.15) is 0 Å². The largest absolute Gasteiger partial charge is 0.374 e. The van der Waals surface area contributed by atoms with E-state index in [-0.39, 0.29) is 12.1 Å². The van der Waals surface area contributed by atoms with Crippen molar-refractivity contribution in [1.29, 1.82) is 0 Å². The summed E-state index contributed by atoms with van der Waals surface area (Å²) in [5.41, 5.74) is 4.20. The molecule has 1 heterocycles. The number of nitrogens with one attached hydrogen (secondary N) is 1. The van der Waals surface area contributed by atoms with Gasteiger partial charge >= 0.3 is 0 Å². The number of nitrogens with zero attached hydrogens (tertiary/aromatic N) is 1. The maximum atomic E-state index is 5.91. The fourth-order valence-corrected chi connectivity index (χ4v) is 2.93. The fourth-order valence-electron chi connectivity index (χ4n) is 2.67. The standard InChI is InChI=1S/C15H24BrN3O/c1-2-7-19-8-9-20-15(11-19)14(18-17)10-12-3-5-13(16)6-4-12/h3-6,14-15,18H,2,7-11,17H2,1H3. The van der Waals surface area contributed by atoms with Gasteiger partial charge in [0, 0.05) is 17.6 Å². The summed E-state index contributed by atoms with van der Waals surface area (Å²) in [6, 6.07) is 8.53. The zero-order valence-corrected chi connectivity index (χ0v) is 13.6. The molecule has 0 saturated carbocycles. The van der Waals surface area contributed by atoms with E-state index in [1.54, 1.807) is 0 Å². The number of rotatable bonds is 6. The first-order valence-electron chi connectivity index (χ1n) is 7.27. The molecule has 3 N–H and O–H groups in total. The molecule has 1 aliphatic rings. The minimum atomic E-state index is 0.149. The van der Waals surface area contributed by atoms with Gasteiger partial charge in [-0.3, -0.25) is 16.2 Å². The number of hydrazine groups is 1. The summed E-state index contributed by atoms with van der Waals surface area (Å²) in [7, 11) is 0. The van der Waals surface area contributed by atoms with E-state index in [1.807, 2.05) is 0 Å². The van der Waals surface area contributed by atoms with Crippen molar-refractivity contribution in [2.45, 2.75) is 31.9 Å². The van der Waals surface area contributed by atoms with Crippen molar-refractivity contribution in [3.63, 3.8) is 0 Å². The van der Waals surface area contributed by atoms with Crippen molar-refractivity contribution < 1.29 is 4.74 Å². The summed E-state index contributed by atoms with van der Waals surface area (Å²) >= 11 is 3.46. The van der Waals surface area contributed by atoms with Crippen molar-refractivity contribution >= 4 is 15.9 Å². The average molecular weight is 342 g/mol. The lowest BCUT2D eigenvalue weighted by Crippen LogP contribution is -2.54. The van der Waals surface area contributed by atoms with E-state index in [4.69, 9.17) is 10.6 Å². The third-order valence-electron chi connectivity index (χ3n) is 3.75. The van der Waals surface area contributed by atoms with Crippen LogP contribution in [0.3, 0.4) is 0 Å².